The van der Waals surface area contributed by atoms with Crippen LogP contribution in [0.2, 0.25) is 0 Å². The van der Waals surface area contributed by atoms with Crippen LogP contribution in [0.15, 0.2) is 59.9 Å². The molecule has 2 heterocycles. The molecule has 0 saturated carbocycles. The summed E-state index contributed by atoms with van der Waals surface area (Å²) < 4.78 is 28.2. The van der Waals surface area contributed by atoms with Crippen molar-refractivity contribution in [2.24, 2.45) is 0 Å². The van der Waals surface area contributed by atoms with E-state index in [4.69, 9.17) is 0 Å². The molecule has 2 aromatic heterocycles. The number of aromatic nitrogens is 4. The Morgan fingerprint density at radius 1 is 1.22 bits per heavy atom. The molecule has 0 bridgehead atoms. The molecule has 0 radical (unpaired) electrons. The van der Waals surface area contributed by atoms with Gasteiger partial charge in [0.05, 0.1) is 36.1 Å². The van der Waals surface area contributed by atoms with Gasteiger partial charge >= 0.3 is 0 Å². The molecule has 0 saturated heterocycles. The lowest BCUT2D eigenvalue weighted by Gasteiger charge is -2.07. The maximum atomic E-state index is 12.2. The van der Waals surface area contributed by atoms with Crippen molar-refractivity contribution in [3.63, 3.8) is 0 Å². The predicted molar refractivity (Wildman–Crippen MR) is 97.4 cm³/mol. The van der Waals surface area contributed by atoms with Gasteiger partial charge in [-0.25, -0.2) is 17.8 Å². The van der Waals surface area contributed by atoms with Crippen LogP contribution in [0.1, 0.15) is 11.3 Å². The smallest absolute Gasteiger partial charge is 0.241 e. The minimum atomic E-state index is -3.74. The highest BCUT2D eigenvalue weighted by atomic mass is 32.2. The Morgan fingerprint density at radius 2 is 2.07 bits per heavy atom. The summed E-state index contributed by atoms with van der Waals surface area (Å²) in [6.45, 7) is 1.56. The first-order chi connectivity index (χ1) is 12.9. The van der Waals surface area contributed by atoms with Gasteiger partial charge in [-0.3, -0.25) is 9.78 Å². The van der Waals surface area contributed by atoms with Crippen LogP contribution in [-0.2, 0) is 21.4 Å². The summed E-state index contributed by atoms with van der Waals surface area (Å²) in [4.78, 5) is 16.1. The molecule has 3 aromatic rings. The van der Waals surface area contributed by atoms with E-state index in [9.17, 15) is 13.2 Å². The first kappa shape index (κ1) is 18.7. The predicted octanol–water partition coefficient (Wildman–Crippen LogP) is 0.565. The van der Waals surface area contributed by atoms with Gasteiger partial charge in [-0.1, -0.05) is 17.3 Å². The normalized spacial score (nSPS) is 11.3. The number of amides is 1. The molecule has 1 amide bonds. The highest BCUT2D eigenvalue weighted by Crippen LogP contribution is 2.10. The molecule has 0 aliphatic carbocycles. The lowest BCUT2D eigenvalue weighted by Crippen LogP contribution is -2.36. The summed E-state index contributed by atoms with van der Waals surface area (Å²) in [6, 6.07) is 10.1. The minimum absolute atomic E-state index is 0.120. The summed E-state index contributed by atoms with van der Waals surface area (Å²) in [6.07, 6.45) is 4.95. The van der Waals surface area contributed by atoms with Crippen molar-refractivity contribution in [2.75, 3.05) is 6.54 Å². The standard InChI is InChI=1S/C17H18N6O3S/c1-13-4-2-6-16(8-13)27(25,26)20-11-17(24)19-9-14-12-23(22-21-14)15-5-3-7-18-10-15/h2-8,10,12,20H,9,11H2,1H3,(H,19,24). The van der Waals surface area contributed by atoms with Crippen molar-refractivity contribution in [3.8, 4) is 5.69 Å². The van der Waals surface area contributed by atoms with Crippen LogP contribution in [0.25, 0.3) is 5.69 Å². The van der Waals surface area contributed by atoms with E-state index in [1.807, 2.05) is 6.07 Å². The average molecular weight is 386 g/mol. The monoisotopic (exact) mass is 386 g/mol. The molecule has 3 rings (SSSR count). The largest absolute Gasteiger partial charge is 0.349 e. The fourth-order valence-corrected chi connectivity index (χ4v) is 3.36. The molecular formula is C17H18N6O3S. The number of carbonyl (C=O) groups is 1. The zero-order valence-electron chi connectivity index (χ0n) is 14.5. The first-order valence-electron chi connectivity index (χ1n) is 8.09. The molecule has 0 aliphatic rings. The third-order valence-corrected chi connectivity index (χ3v) is 5.04. The van der Waals surface area contributed by atoms with Crippen molar-refractivity contribution < 1.29 is 13.2 Å². The zero-order chi connectivity index (χ0) is 19.3. The highest BCUT2D eigenvalue weighted by Gasteiger charge is 2.15. The second-order valence-electron chi connectivity index (χ2n) is 5.78. The Bertz CT molecular complexity index is 1030. The lowest BCUT2D eigenvalue weighted by molar-refractivity contribution is -0.120. The van der Waals surface area contributed by atoms with Crippen molar-refractivity contribution in [1.29, 1.82) is 0 Å². The third kappa shape index (κ3) is 4.96. The van der Waals surface area contributed by atoms with Gasteiger partial charge in [0.2, 0.25) is 15.9 Å². The Hall–Kier alpha value is -3.11. The van der Waals surface area contributed by atoms with E-state index in [2.05, 4.69) is 25.3 Å². The summed E-state index contributed by atoms with van der Waals surface area (Å²) >= 11 is 0. The van der Waals surface area contributed by atoms with Crippen molar-refractivity contribution >= 4 is 15.9 Å². The van der Waals surface area contributed by atoms with Gasteiger partial charge < -0.3 is 5.32 Å². The summed E-state index contributed by atoms with van der Waals surface area (Å²) in [5, 5.41) is 10.5. The van der Waals surface area contributed by atoms with Crippen LogP contribution in [-0.4, -0.2) is 40.8 Å². The van der Waals surface area contributed by atoms with Gasteiger partial charge in [0, 0.05) is 6.20 Å². The number of carbonyl (C=O) groups excluding carboxylic acids is 1. The van der Waals surface area contributed by atoms with Gasteiger partial charge in [-0.2, -0.15) is 0 Å². The number of rotatable bonds is 7. The minimum Gasteiger partial charge on any atom is -0.349 e. The van der Waals surface area contributed by atoms with Gasteiger partial charge in [-0.05, 0) is 36.8 Å². The van der Waals surface area contributed by atoms with E-state index in [0.717, 1.165) is 11.3 Å². The number of nitrogens with zero attached hydrogens (tertiary/aromatic N) is 4. The van der Waals surface area contributed by atoms with Crippen LogP contribution < -0.4 is 10.0 Å². The van der Waals surface area contributed by atoms with Crippen LogP contribution in [0, 0.1) is 6.92 Å². The van der Waals surface area contributed by atoms with E-state index in [1.165, 1.54) is 16.8 Å². The fraction of sp³-hybridized carbons (Fsp3) is 0.176. The second-order valence-corrected chi connectivity index (χ2v) is 7.55. The molecule has 2 N–H and O–H groups in total. The maximum Gasteiger partial charge on any atom is 0.241 e. The van der Waals surface area contributed by atoms with Crippen LogP contribution in [0.3, 0.4) is 0 Å². The quantitative estimate of drug-likeness (QED) is 0.613. The molecule has 0 unspecified atom stereocenters. The number of aryl methyl sites for hydroxylation is 1. The van der Waals surface area contributed by atoms with Gasteiger partial charge in [-0.15, -0.1) is 5.10 Å². The maximum absolute atomic E-state index is 12.2. The zero-order valence-corrected chi connectivity index (χ0v) is 15.3. The summed E-state index contributed by atoms with van der Waals surface area (Å²) in [5.74, 6) is -0.470. The molecule has 0 aliphatic heterocycles. The average Bonchev–Trinajstić information content (AvgIpc) is 3.15. The van der Waals surface area contributed by atoms with Crippen LogP contribution >= 0.6 is 0 Å². The topological polar surface area (TPSA) is 119 Å². The highest BCUT2D eigenvalue weighted by molar-refractivity contribution is 7.89. The molecule has 0 spiro atoms. The van der Waals surface area contributed by atoms with E-state index in [0.29, 0.717) is 5.69 Å². The molecule has 0 fully saturated rings. The van der Waals surface area contributed by atoms with Crippen molar-refractivity contribution in [1.82, 2.24) is 30.0 Å². The Balaban J connectivity index is 1.52. The van der Waals surface area contributed by atoms with E-state index < -0.39 is 15.9 Å². The molecule has 27 heavy (non-hydrogen) atoms. The summed E-state index contributed by atoms with van der Waals surface area (Å²) in [7, 11) is -3.74. The SMILES string of the molecule is Cc1cccc(S(=O)(=O)NCC(=O)NCc2cn(-c3cccnc3)nn2)c1. The van der Waals surface area contributed by atoms with E-state index in [-0.39, 0.29) is 18.0 Å². The fourth-order valence-electron chi connectivity index (χ4n) is 2.27. The molecular weight excluding hydrogens is 368 g/mol. The number of hydrogen-bond donors (Lipinski definition) is 2. The number of benzene rings is 1. The van der Waals surface area contributed by atoms with E-state index >= 15 is 0 Å². The number of pyridine rings is 1. The van der Waals surface area contributed by atoms with Gasteiger partial charge in [0.1, 0.15) is 5.69 Å². The van der Waals surface area contributed by atoms with Crippen LogP contribution in [0.4, 0.5) is 0 Å². The van der Waals surface area contributed by atoms with Crippen molar-refractivity contribution in [3.05, 3.63) is 66.2 Å². The van der Waals surface area contributed by atoms with E-state index in [1.54, 1.807) is 43.7 Å². The summed E-state index contributed by atoms with van der Waals surface area (Å²) in [5.41, 5.74) is 2.10. The van der Waals surface area contributed by atoms with Gasteiger partial charge in [0.15, 0.2) is 0 Å². The molecule has 9 nitrogen and oxygen atoms in total. The number of sulfonamides is 1. The lowest BCUT2D eigenvalue weighted by atomic mass is 10.2. The number of hydrogen-bond acceptors (Lipinski definition) is 6. The third-order valence-electron chi connectivity index (χ3n) is 3.64. The molecule has 0 atom stereocenters. The molecule has 140 valence electrons. The van der Waals surface area contributed by atoms with Crippen molar-refractivity contribution in [2.45, 2.75) is 18.4 Å². The van der Waals surface area contributed by atoms with Crippen LogP contribution in [0.5, 0.6) is 0 Å². The first-order valence-corrected chi connectivity index (χ1v) is 9.57. The Morgan fingerprint density at radius 3 is 2.81 bits per heavy atom. The second kappa shape index (κ2) is 8.06. The van der Waals surface area contributed by atoms with Gasteiger partial charge in [0.25, 0.3) is 0 Å². The molecule has 1 aromatic carbocycles. The molecule has 10 heteroatoms. The Labute approximate surface area is 156 Å². The number of nitrogens with one attached hydrogen (secondary N) is 2. The Kier molecular flexibility index (Phi) is 5.57.